The number of carbonyl (C=O) groups excluding carboxylic acids is 3. The minimum atomic E-state index is -1.07. The number of aryl methyl sites for hydroxylation is 1. The summed E-state index contributed by atoms with van der Waals surface area (Å²) in [5.74, 6) is -1.79. The topological polar surface area (TPSA) is 96.3 Å². The molecule has 0 radical (unpaired) electrons. The fraction of sp³-hybridized carbons (Fsp3) is 0.304. The van der Waals surface area contributed by atoms with Crippen LogP contribution in [0.15, 0.2) is 48.5 Å². The van der Waals surface area contributed by atoms with E-state index < -0.39 is 24.0 Å². The maximum atomic E-state index is 12.8. The molecule has 6 heteroatoms. The second kappa shape index (κ2) is 9.16. The predicted octanol–water partition coefficient (Wildman–Crippen LogP) is 3.44. The van der Waals surface area contributed by atoms with Crippen LogP contribution in [0, 0.1) is 24.2 Å². The van der Waals surface area contributed by atoms with Crippen LogP contribution in [0.4, 0.5) is 0 Å². The molecule has 1 amide bonds. The van der Waals surface area contributed by atoms with Crippen LogP contribution in [-0.4, -0.2) is 29.8 Å². The molecule has 0 aromatic heterocycles. The van der Waals surface area contributed by atoms with Crippen LogP contribution in [0.25, 0.3) is 0 Å². The number of ketones is 1. The van der Waals surface area contributed by atoms with Gasteiger partial charge in [0.1, 0.15) is 5.54 Å². The molecule has 0 aliphatic rings. The summed E-state index contributed by atoms with van der Waals surface area (Å²) in [6.07, 6.45) is 0. The first-order valence-electron chi connectivity index (χ1n) is 9.27. The molecule has 0 aliphatic carbocycles. The molecule has 1 unspecified atom stereocenters. The largest absolute Gasteiger partial charge is 0.452 e. The number of nitrogens with zero attached hydrogens (tertiary/aromatic N) is 1. The van der Waals surface area contributed by atoms with E-state index in [0.29, 0.717) is 5.56 Å². The van der Waals surface area contributed by atoms with Crippen molar-refractivity contribution in [1.29, 1.82) is 5.26 Å². The van der Waals surface area contributed by atoms with Gasteiger partial charge in [0, 0.05) is 11.1 Å². The summed E-state index contributed by atoms with van der Waals surface area (Å²) in [5.41, 5.74) is 0.688. The number of ether oxygens (including phenoxy) is 1. The first-order valence-corrected chi connectivity index (χ1v) is 9.27. The van der Waals surface area contributed by atoms with Crippen LogP contribution in [0.1, 0.15) is 52.6 Å². The highest BCUT2D eigenvalue weighted by Crippen LogP contribution is 2.17. The van der Waals surface area contributed by atoms with Crippen molar-refractivity contribution in [3.05, 3.63) is 70.8 Å². The molecule has 0 heterocycles. The van der Waals surface area contributed by atoms with Gasteiger partial charge in [0.15, 0.2) is 12.4 Å². The quantitative estimate of drug-likeness (QED) is 0.575. The number of nitrogens with one attached hydrogen (secondary N) is 1. The number of hydrogen-bond acceptors (Lipinski definition) is 5. The van der Waals surface area contributed by atoms with Gasteiger partial charge in [-0.3, -0.25) is 9.59 Å². The molecule has 2 aromatic rings. The average molecular weight is 392 g/mol. The standard InChI is InChI=1S/C23H24N2O4/c1-15(2)23(4,14-24)25-20(26)13-29-22(28)19-8-6-5-7-18(19)21(27)17-11-9-16(3)10-12-17/h5-12,15H,13H2,1-4H3,(H,25,26). The van der Waals surface area contributed by atoms with Crippen molar-refractivity contribution in [2.24, 2.45) is 5.92 Å². The van der Waals surface area contributed by atoms with E-state index in [0.717, 1.165) is 5.56 Å². The van der Waals surface area contributed by atoms with E-state index in [2.05, 4.69) is 11.4 Å². The van der Waals surface area contributed by atoms with Crippen molar-refractivity contribution in [3.63, 3.8) is 0 Å². The van der Waals surface area contributed by atoms with Crippen LogP contribution >= 0.6 is 0 Å². The zero-order valence-corrected chi connectivity index (χ0v) is 17.0. The van der Waals surface area contributed by atoms with Gasteiger partial charge in [0.2, 0.25) is 0 Å². The first kappa shape index (κ1) is 21.8. The van der Waals surface area contributed by atoms with E-state index >= 15 is 0 Å². The van der Waals surface area contributed by atoms with Gasteiger partial charge >= 0.3 is 5.97 Å². The number of amides is 1. The van der Waals surface area contributed by atoms with E-state index in [1.165, 1.54) is 6.07 Å². The van der Waals surface area contributed by atoms with Gasteiger partial charge in [0.25, 0.3) is 5.91 Å². The molecular weight excluding hydrogens is 368 g/mol. The van der Waals surface area contributed by atoms with E-state index in [1.54, 1.807) is 37.3 Å². The van der Waals surface area contributed by atoms with Gasteiger partial charge < -0.3 is 10.1 Å². The lowest BCUT2D eigenvalue weighted by atomic mass is 9.90. The molecule has 0 saturated carbocycles. The molecule has 0 bridgehead atoms. The van der Waals surface area contributed by atoms with Crippen LogP contribution in [0.3, 0.4) is 0 Å². The predicted molar refractivity (Wildman–Crippen MR) is 108 cm³/mol. The van der Waals surface area contributed by atoms with Crippen LogP contribution in [0.2, 0.25) is 0 Å². The average Bonchev–Trinajstić information content (AvgIpc) is 2.71. The fourth-order valence-corrected chi connectivity index (χ4v) is 2.56. The smallest absolute Gasteiger partial charge is 0.339 e. The maximum absolute atomic E-state index is 12.8. The zero-order chi connectivity index (χ0) is 21.6. The zero-order valence-electron chi connectivity index (χ0n) is 17.0. The minimum absolute atomic E-state index is 0.0813. The molecule has 29 heavy (non-hydrogen) atoms. The Balaban J connectivity index is 2.12. The Morgan fingerprint density at radius 3 is 2.21 bits per heavy atom. The lowest BCUT2D eigenvalue weighted by Gasteiger charge is -2.27. The van der Waals surface area contributed by atoms with Crippen molar-refractivity contribution in [3.8, 4) is 6.07 Å². The summed E-state index contributed by atoms with van der Waals surface area (Å²) in [6.45, 7) is 6.59. The highest BCUT2D eigenvalue weighted by Gasteiger charge is 2.30. The Morgan fingerprint density at radius 2 is 1.66 bits per heavy atom. The molecule has 2 aromatic carbocycles. The summed E-state index contributed by atoms with van der Waals surface area (Å²) in [5, 5.41) is 11.8. The van der Waals surface area contributed by atoms with Crippen molar-refractivity contribution < 1.29 is 19.1 Å². The van der Waals surface area contributed by atoms with Crippen LogP contribution < -0.4 is 5.32 Å². The SMILES string of the molecule is Cc1ccc(C(=O)c2ccccc2C(=O)OCC(=O)NC(C)(C#N)C(C)C)cc1. The van der Waals surface area contributed by atoms with E-state index in [9.17, 15) is 19.6 Å². The van der Waals surface area contributed by atoms with Gasteiger partial charge in [-0.05, 0) is 25.8 Å². The minimum Gasteiger partial charge on any atom is -0.452 e. The summed E-state index contributed by atoms with van der Waals surface area (Å²) in [4.78, 5) is 37.4. The molecule has 0 saturated heterocycles. The lowest BCUT2D eigenvalue weighted by Crippen LogP contribution is -2.50. The molecule has 2 rings (SSSR count). The number of rotatable bonds is 7. The molecule has 0 spiro atoms. The van der Waals surface area contributed by atoms with Crippen LogP contribution in [-0.2, 0) is 9.53 Å². The summed E-state index contributed by atoms with van der Waals surface area (Å²) < 4.78 is 5.09. The number of carbonyl (C=O) groups is 3. The molecule has 6 nitrogen and oxygen atoms in total. The third-order valence-electron chi connectivity index (χ3n) is 4.83. The van der Waals surface area contributed by atoms with E-state index in [1.807, 2.05) is 32.9 Å². The van der Waals surface area contributed by atoms with Crippen molar-refractivity contribution in [2.75, 3.05) is 6.61 Å². The second-order valence-corrected chi connectivity index (χ2v) is 7.33. The Labute approximate surface area is 170 Å². The first-order chi connectivity index (χ1) is 13.7. The number of benzene rings is 2. The third kappa shape index (κ3) is 5.29. The Bertz CT molecular complexity index is 958. The molecule has 0 fully saturated rings. The molecule has 0 aliphatic heterocycles. The summed E-state index contributed by atoms with van der Waals surface area (Å²) in [6, 6.07) is 15.4. The van der Waals surface area contributed by atoms with Gasteiger partial charge in [-0.15, -0.1) is 0 Å². The lowest BCUT2D eigenvalue weighted by molar-refractivity contribution is -0.125. The summed E-state index contributed by atoms with van der Waals surface area (Å²) >= 11 is 0. The molecule has 150 valence electrons. The molecular formula is C23H24N2O4. The van der Waals surface area contributed by atoms with Crippen LogP contribution in [0.5, 0.6) is 0 Å². The van der Waals surface area contributed by atoms with Crippen molar-refractivity contribution in [1.82, 2.24) is 5.32 Å². The van der Waals surface area contributed by atoms with Gasteiger partial charge in [-0.1, -0.05) is 61.9 Å². The normalized spacial score (nSPS) is 12.6. The third-order valence-corrected chi connectivity index (χ3v) is 4.83. The van der Waals surface area contributed by atoms with Crippen molar-refractivity contribution in [2.45, 2.75) is 33.2 Å². The van der Waals surface area contributed by atoms with E-state index in [-0.39, 0.29) is 22.8 Å². The maximum Gasteiger partial charge on any atom is 0.339 e. The molecule has 1 N–H and O–H groups in total. The Hall–Kier alpha value is -3.46. The number of nitriles is 1. The second-order valence-electron chi connectivity index (χ2n) is 7.33. The highest BCUT2D eigenvalue weighted by molar-refractivity contribution is 6.14. The van der Waals surface area contributed by atoms with E-state index in [4.69, 9.17) is 4.74 Å². The van der Waals surface area contributed by atoms with Gasteiger partial charge in [-0.25, -0.2) is 4.79 Å². The fourth-order valence-electron chi connectivity index (χ4n) is 2.56. The number of esters is 1. The molecule has 1 atom stereocenters. The van der Waals surface area contributed by atoms with Gasteiger partial charge in [0.05, 0.1) is 11.6 Å². The monoisotopic (exact) mass is 392 g/mol. The Kier molecular flexibility index (Phi) is 6.89. The Morgan fingerprint density at radius 1 is 1.07 bits per heavy atom. The highest BCUT2D eigenvalue weighted by atomic mass is 16.5. The number of hydrogen-bond donors (Lipinski definition) is 1. The summed E-state index contributed by atoms with van der Waals surface area (Å²) in [7, 11) is 0. The van der Waals surface area contributed by atoms with Crippen molar-refractivity contribution >= 4 is 17.7 Å². The van der Waals surface area contributed by atoms with Gasteiger partial charge in [-0.2, -0.15) is 5.26 Å².